The van der Waals surface area contributed by atoms with Crippen LogP contribution in [0.4, 0.5) is 0 Å². The molecule has 12 heavy (non-hydrogen) atoms. The van der Waals surface area contributed by atoms with Crippen LogP contribution >= 0.6 is 12.6 Å². The predicted octanol–water partition coefficient (Wildman–Crippen LogP) is 1.17. The normalized spacial score (nSPS) is 12.5. The number of thiol groups is 1. The molecule has 0 fully saturated rings. The maximum atomic E-state index is 10.6. The van der Waals surface area contributed by atoms with E-state index in [1.54, 1.807) is 6.92 Å². The molecule has 0 saturated carbocycles. The highest BCUT2D eigenvalue weighted by molar-refractivity contribution is 7.80. The molecule has 1 N–H and O–H groups in total. The zero-order valence-electron chi connectivity index (χ0n) is 6.43. The fourth-order valence-corrected chi connectivity index (χ4v) is 1.04. The molecular weight excluding hydrogens is 176 g/mol. The van der Waals surface area contributed by atoms with Gasteiger partial charge in [0.05, 0.1) is 5.69 Å². The Morgan fingerprint density at radius 3 is 2.83 bits per heavy atom. The summed E-state index contributed by atoms with van der Waals surface area (Å²) in [5, 5.41) is 8.51. The molecule has 1 aromatic rings. The number of aromatic carboxylic acids is 1. The van der Waals surface area contributed by atoms with Gasteiger partial charge in [0, 0.05) is 11.4 Å². The molecule has 0 saturated heterocycles. The van der Waals surface area contributed by atoms with E-state index in [4.69, 9.17) is 5.11 Å². The minimum Gasteiger partial charge on any atom is -0.478 e. The summed E-state index contributed by atoms with van der Waals surface area (Å²) >= 11 is 4.10. The molecule has 0 aliphatic heterocycles. The molecule has 64 valence electrons. The minimum absolute atomic E-state index is 0.111. The van der Waals surface area contributed by atoms with Crippen LogP contribution in [0.25, 0.3) is 0 Å². The SMILES string of the molecule is CC(S)c1ncncc1C(=O)O. The molecule has 0 bridgehead atoms. The first-order valence-electron chi connectivity index (χ1n) is 3.34. The molecule has 0 aliphatic carbocycles. The second-order valence-electron chi connectivity index (χ2n) is 2.30. The van der Waals surface area contributed by atoms with E-state index in [2.05, 4.69) is 22.6 Å². The quantitative estimate of drug-likeness (QED) is 0.677. The molecule has 0 radical (unpaired) electrons. The number of rotatable bonds is 2. The van der Waals surface area contributed by atoms with Crippen LogP contribution in [-0.4, -0.2) is 21.0 Å². The summed E-state index contributed by atoms with van der Waals surface area (Å²) in [6.07, 6.45) is 2.59. The van der Waals surface area contributed by atoms with Crippen molar-refractivity contribution in [2.45, 2.75) is 12.2 Å². The van der Waals surface area contributed by atoms with Gasteiger partial charge in [-0.3, -0.25) is 0 Å². The molecular formula is C7H8N2O2S. The first-order valence-corrected chi connectivity index (χ1v) is 3.86. The molecule has 0 amide bonds. The lowest BCUT2D eigenvalue weighted by Gasteiger charge is -2.05. The monoisotopic (exact) mass is 184 g/mol. The van der Waals surface area contributed by atoms with Crippen molar-refractivity contribution in [1.29, 1.82) is 0 Å². The summed E-state index contributed by atoms with van der Waals surface area (Å²) in [4.78, 5) is 18.1. The van der Waals surface area contributed by atoms with Crippen molar-refractivity contribution in [3.63, 3.8) is 0 Å². The lowest BCUT2D eigenvalue weighted by Crippen LogP contribution is -2.05. The van der Waals surface area contributed by atoms with Crippen LogP contribution in [0.3, 0.4) is 0 Å². The molecule has 1 aromatic heterocycles. The van der Waals surface area contributed by atoms with Gasteiger partial charge in [0.2, 0.25) is 0 Å². The van der Waals surface area contributed by atoms with Gasteiger partial charge in [0.25, 0.3) is 0 Å². The summed E-state index contributed by atoms with van der Waals surface area (Å²) in [7, 11) is 0. The number of hydrogen-bond acceptors (Lipinski definition) is 4. The molecule has 1 atom stereocenters. The first-order chi connectivity index (χ1) is 5.63. The standard InChI is InChI=1S/C7H8N2O2S/c1-4(12)6-5(7(10)11)2-8-3-9-6/h2-4,12H,1H3,(H,10,11). The Bertz CT molecular complexity index is 301. The molecule has 1 heterocycles. The van der Waals surface area contributed by atoms with Crippen molar-refractivity contribution in [2.75, 3.05) is 0 Å². The zero-order chi connectivity index (χ0) is 9.14. The van der Waals surface area contributed by atoms with Crippen molar-refractivity contribution >= 4 is 18.6 Å². The smallest absolute Gasteiger partial charge is 0.339 e. The largest absolute Gasteiger partial charge is 0.478 e. The van der Waals surface area contributed by atoms with Crippen LogP contribution in [0.15, 0.2) is 12.5 Å². The second-order valence-corrected chi connectivity index (χ2v) is 3.08. The third kappa shape index (κ3) is 1.73. The summed E-state index contributed by atoms with van der Waals surface area (Å²) in [6, 6.07) is 0. The third-order valence-corrected chi connectivity index (χ3v) is 1.61. The van der Waals surface area contributed by atoms with E-state index in [0.29, 0.717) is 5.69 Å². The minimum atomic E-state index is -1.02. The topological polar surface area (TPSA) is 63.1 Å². The average molecular weight is 184 g/mol. The molecule has 1 unspecified atom stereocenters. The van der Waals surface area contributed by atoms with Crippen LogP contribution in [0, 0.1) is 0 Å². The molecule has 0 aromatic carbocycles. The number of carbonyl (C=O) groups is 1. The van der Waals surface area contributed by atoms with Gasteiger partial charge >= 0.3 is 5.97 Å². The van der Waals surface area contributed by atoms with Crippen LogP contribution in [0.5, 0.6) is 0 Å². The average Bonchev–Trinajstić information content (AvgIpc) is 2.04. The van der Waals surface area contributed by atoms with Crippen LogP contribution < -0.4 is 0 Å². The lowest BCUT2D eigenvalue weighted by atomic mass is 10.2. The highest BCUT2D eigenvalue weighted by atomic mass is 32.1. The number of carboxylic acids is 1. The van der Waals surface area contributed by atoms with Crippen molar-refractivity contribution in [2.24, 2.45) is 0 Å². The maximum absolute atomic E-state index is 10.6. The van der Waals surface area contributed by atoms with E-state index in [-0.39, 0.29) is 10.8 Å². The Hall–Kier alpha value is -1.10. The summed E-state index contributed by atoms with van der Waals surface area (Å²) in [5.74, 6) is -1.02. The molecule has 0 aliphatic rings. The zero-order valence-corrected chi connectivity index (χ0v) is 7.32. The number of nitrogens with zero attached hydrogens (tertiary/aromatic N) is 2. The van der Waals surface area contributed by atoms with Crippen LogP contribution in [0.1, 0.15) is 28.2 Å². The van der Waals surface area contributed by atoms with Crippen LogP contribution in [0.2, 0.25) is 0 Å². The molecule has 1 rings (SSSR count). The van der Waals surface area contributed by atoms with E-state index in [0.717, 1.165) is 0 Å². The van der Waals surface area contributed by atoms with Crippen molar-refractivity contribution < 1.29 is 9.90 Å². The van der Waals surface area contributed by atoms with Gasteiger partial charge in [0.1, 0.15) is 11.9 Å². The highest BCUT2D eigenvalue weighted by Crippen LogP contribution is 2.19. The van der Waals surface area contributed by atoms with Crippen molar-refractivity contribution in [3.8, 4) is 0 Å². The highest BCUT2D eigenvalue weighted by Gasteiger charge is 2.13. The van der Waals surface area contributed by atoms with Gasteiger partial charge in [-0.05, 0) is 6.92 Å². The summed E-state index contributed by atoms with van der Waals surface area (Å²) in [5.41, 5.74) is 0.556. The predicted molar refractivity (Wildman–Crippen MR) is 46.4 cm³/mol. The van der Waals surface area contributed by atoms with Gasteiger partial charge in [-0.1, -0.05) is 0 Å². The third-order valence-electron chi connectivity index (χ3n) is 1.37. The van der Waals surface area contributed by atoms with Crippen molar-refractivity contribution in [3.05, 3.63) is 23.8 Å². The van der Waals surface area contributed by atoms with Gasteiger partial charge in [-0.15, -0.1) is 0 Å². The Morgan fingerprint density at radius 2 is 2.42 bits per heavy atom. The molecule has 4 nitrogen and oxygen atoms in total. The Balaban J connectivity index is 3.17. The second kappa shape index (κ2) is 3.53. The van der Waals surface area contributed by atoms with E-state index in [9.17, 15) is 4.79 Å². The van der Waals surface area contributed by atoms with Gasteiger partial charge in [0.15, 0.2) is 0 Å². The fraction of sp³-hybridized carbons (Fsp3) is 0.286. The lowest BCUT2D eigenvalue weighted by molar-refractivity contribution is 0.0694. The Morgan fingerprint density at radius 1 is 1.75 bits per heavy atom. The Labute approximate surface area is 75.1 Å². The number of aromatic nitrogens is 2. The summed E-state index contributed by atoms with van der Waals surface area (Å²) in [6.45, 7) is 1.76. The van der Waals surface area contributed by atoms with Crippen LogP contribution in [-0.2, 0) is 0 Å². The number of hydrogen-bond donors (Lipinski definition) is 2. The van der Waals surface area contributed by atoms with Gasteiger partial charge in [-0.25, -0.2) is 14.8 Å². The van der Waals surface area contributed by atoms with E-state index in [1.807, 2.05) is 0 Å². The Kier molecular flexibility index (Phi) is 2.65. The first kappa shape index (κ1) is 8.99. The fourth-order valence-electron chi connectivity index (χ4n) is 0.837. The van der Waals surface area contributed by atoms with Gasteiger partial charge < -0.3 is 5.11 Å². The molecule has 5 heteroatoms. The van der Waals surface area contributed by atoms with Crippen molar-refractivity contribution in [1.82, 2.24) is 9.97 Å². The number of carboxylic acid groups (broad SMARTS) is 1. The van der Waals surface area contributed by atoms with E-state index in [1.165, 1.54) is 12.5 Å². The summed E-state index contributed by atoms with van der Waals surface area (Å²) < 4.78 is 0. The maximum Gasteiger partial charge on any atom is 0.339 e. The van der Waals surface area contributed by atoms with E-state index < -0.39 is 5.97 Å². The van der Waals surface area contributed by atoms with Gasteiger partial charge in [-0.2, -0.15) is 12.6 Å². The van der Waals surface area contributed by atoms with E-state index >= 15 is 0 Å². The molecule has 0 spiro atoms.